The highest BCUT2D eigenvalue weighted by Crippen LogP contribution is 2.32. The van der Waals surface area contributed by atoms with Crippen LogP contribution in [0.1, 0.15) is 39.0 Å². The lowest BCUT2D eigenvalue weighted by molar-refractivity contribution is -0.143. The Labute approximate surface area is 125 Å². The lowest BCUT2D eigenvalue weighted by atomic mass is 9.95. The number of carbonyl (C=O) groups is 3. The first-order chi connectivity index (χ1) is 10.0. The summed E-state index contributed by atoms with van der Waals surface area (Å²) in [6.07, 6.45) is 3.40. The summed E-state index contributed by atoms with van der Waals surface area (Å²) in [6, 6.07) is 0. The average molecular weight is 296 g/mol. The fourth-order valence-electron chi connectivity index (χ4n) is 2.85. The molecule has 2 aliphatic rings. The van der Waals surface area contributed by atoms with Gasteiger partial charge in [0.05, 0.1) is 6.42 Å². The van der Waals surface area contributed by atoms with E-state index in [2.05, 4.69) is 0 Å². The van der Waals surface area contributed by atoms with Crippen LogP contribution < -0.4 is 0 Å². The van der Waals surface area contributed by atoms with Crippen molar-refractivity contribution in [2.24, 2.45) is 11.8 Å². The van der Waals surface area contributed by atoms with E-state index in [0.717, 1.165) is 12.8 Å². The summed E-state index contributed by atoms with van der Waals surface area (Å²) < 4.78 is 0. The first-order valence-corrected chi connectivity index (χ1v) is 7.82. The number of hydrogen-bond acceptors (Lipinski definition) is 3. The smallest absolute Gasteiger partial charge is 0.305 e. The Balaban J connectivity index is 1.80. The number of carboxylic acid groups (broad SMARTS) is 1. The largest absolute Gasteiger partial charge is 0.481 e. The van der Waals surface area contributed by atoms with E-state index >= 15 is 0 Å². The van der Waals surface area contributed by atoms with E-state index in [0.29, 0.717) is 32.5 Å². The quantitative estimate of drug-likeness (QED) is 0.792. The molecule has 118 valence electrons. The van der Waals surface area contributed by atoms with E-state index in [1.807, 2.05) is 11.8 Å². The van der Waals surface area contributed by atoms with Crippen LogP contribution in [0, 0.1) is 11.8 Å². The maximum atomic E-state index is 12.4. The number of rotatable bonds is 6. The molecule has 21 heavy (non-hydrogen) atoms. The van der Waals surface area contributed by atoms with Gasteiger partial charge in [0.15, 0.2) is 0 Å². The van der Waals surface area contributed by atoms with Crippen molar-refractivity contribution in [3.8, 4) is 0 Å². The Hall–Kier alpha value is -1.59. The van der Waals surface area contributed by atoms with E-state index in [1.165, 1.54) is 0 Å². The summed E-state index contributed by atoms with van der Waals surface area (Å²) in [5, 5.41) is 8.72. The number of amides is 2. The molecule has 0 radical (unpaired) electrons. The zero-order valence-corrected chi connectivity index (χ0v) is 12.6. The monoisotopic (exact) mass is 296 g/mol. The fraction of sp³-hybridized carbons (Fsp3) is 0.800. The molecule has 0 aromatic carbocycles. The molecule has 0 aromatic rings. The van der Waals surface area contributed by atoms with Crippen LogP contribution in [0.3, 0.4) is 0 Å². The lowest BCUT2D eigenvalue weighted by Crippen LogP contribution is -2.45. The second-order valence-corrected chi connectivity index (χ2v) is 5.94. The van der Waals surface area contributed by atoms with Gasteiger partial charge in [0.25, 0.3) is 0 Å². The molecule has 6 nitrogen and oxygen atoms in total. The number of hydrogen-bond donors (Lipinski definition) is 1. The number of carboxylic acids is 1. The molecule has 2 fully saturated rings. The Kier molecular flexibility index (Phi) is 5.20. The minimum absolute atomic E-state index is 0.0153. The van der Waals surface area contributed by atoms with Crippen LogP contribution in [0.5, 0.6) is 0 Å². The Morgan fingerprint density at radius 3 is 2.19 bits per heavy atom. The van der Waals surface area contributed by atoms with Crippen molar-refractivity contribution in [2.75, 3.05) is 26.2 Å². The maximum Gasteiger partial charge on any atom is 0.305 e. The second-order valence-electron chi connectivity index (χ2n) is 5.94. The molecule has 1 saturated carbocycles. The standard InChI is InChI=1S/C15H24N2O4/c1-2-16(10-7-13(18)19)14(20)12-5-8-17(9-6-12)15(21)11-3-4-11/h11-12H,2-10H2,1H3,(H,18,19). The number of piperidine rings is 1. The molecule has 1 aliphatic carbocycles. The summed E-state index contributed by atoms with van der Waals surface area (Å²) in [4.78, 5) is 38.5. The van der Waals surface area contributed by atoms with E-state index in [1.54, 1.807) is 4.90 Å². The minimum atomic E-state index is -0.883. The first-order valence-electron chi connectivity index (χ1n) is 7.82. The minimum Gasteiger partial charge on any atom is -0.481 e. The predicted octanol–water partition coefficient (Wildman–Crippen LogP) is 0.958. The van der Waals surface area contributed by atoms with Crippen LogP contribution in [0.2, 0.25) is 0 Å². The Morgan fingerprint density at radius 2 is 1.71 bits per heavy atom. The van der Waals surface area contributed by atoms with Crippen molar-refractivity contribution >= 4 is 17.8 Å². The second kappa shape index (κ2) is 6.91. The molecule has 0 atom stereocenters. The van der Waals surface area contributed by atoms with E-state index < -0.39 is 5.97 Å². The molecule has 0 spiro atoms. The molecule has 0 unspecified atom stereocenters. The highest BCUT2D eigenvalue weighted by Gasteiger charge is 2.36. The van der Waals surface area contributed by atoms with Gasteiger partial charge in [-0.05, 0) is 32.6 Å². The number of nitrogens with zero attached hydrogens (tertiary/aromatic N) is 2. The van der Waals surface area contributed by atoms with Crippen molar-refractivity contribution in [2.45, 2.75) is 39.0 Å². The normalized spacial score (nSPS) is 19.4. The van der Waals surface area contributed by atoms with E-state index in [9.17, 15) is 14.4 Å². The van der Waals surface area contributed by atoms with Crippen LogP contribution in [0.4, 0.5) is 0 Å². The van der Waals surface area contributed by atoms with Crippen LogP contribution in [-0.4, -0.2) is 58.9 Å². The van der Waals surface area contributed by atoms with Crippen molar-refractivity contribution < 1.29 is 19.5 Å². The summed E-state index contributed by atoms with van der Waals surface area (Å²) in [6.45, 7) is 3.98. The molecule has 1 N–H and O–H groups in total. The zero-order valence-electron chi connectivity index (χ0n) is 12.6. The van der Waals surface area contributed by atoms with Crippen LogP contribution in [0.15, 0.2) is 0 Å². The molecule has 2 amide bonds. The molecule has 0 aromatic heterocycles. The van der Waals surface area contributed by atoms with Gasteiger partial charge >= 0.3 is 5.97 Å². The van der Waals surface area contributed by atoms with Gasteiger partial charge in [0.2, 0.25) is 11.8 Å². The van der Waals surface area contributed by atoms with Crippen LogP contribution in [-0.2, 0) is 14.4 Å². The molecule has 1 saturated heterocycles. The summed E-state index contributed by atoms with van der Waals surface area (Å²) in [5.41, 5.74) is 0. The third-order valence-electron chi connectivity index (χ3n) is 4.37. The highest BCUT2D eigenvalue weighted by atomic mass is 16.4. The molecule has 1 heterocycles. The number of aliphatic carboxylic acids is 1. The van der Waals surface area contributed by atoms with Gasteiger partial charge in [-0.25, -0.2) is 0 Å². The molecule has 1 aliphatic heterocycles. The molecule has 2 rings (SSSR count). The van der Waals surface area contributed by atoms with Gasteiger partial charge in [0, 0.05) is 38.0 Å². The third kappa shape index (κ3) is 4.19. The van der Waals surface area contributed by atoms with Gasteiger partial charge in [-0.3, -0.25) is 14.4 Å². The summed E-state index contributed by atoms with van der Waals surface area (Å²) >= 11 is 0. The van der Waals surface area contributed by atoms with Gasteiger partial charge < -0.3 is 14.9 Å². The summed E-state index contributed by atoms with van der Waals surface area (Å²) in [5.74, 6) is -0.426. The van der Waals surface area contributed by atoms with E-state index in [4.69, 9.17) is 5.11 Å². The molecular formula is C15H24N2O4. The highest BCUT2D eigenvalue weighted by molar-refractivity contribution is 5.82. The lowest BCUT2D eigenvalue weighted by Gasteiger charge is -2.34. The van der Waals surface area contributed by atoms with Crippen molar-refractivity contribution in [1.29, 1.82) is 0 Å². The third-order valence-corrected chi connectivity index (χ3v) is 4.37. The van der Waals surface area contributed by atoms with Gasteiger partial charge in [-0.2, -0.15) is 0 Å². The van der Waals surface area contributed by atoms with Gasteiger partial charge in [0.1, 0.15) is 0 Å². The van der Waals surface area contributed by atoms with E-state index in [-0.39, 0.29) is 36.6 Å². The van der Waals surface area contributed by atoms with Crippen molar-refractivity contribution in [3.05, 3.63) is 0 Å². The van der Waals surface area contributed by atoms with Crippen molar-refractivity contribution in [1.82, 2.24) is 9.80 Å². The molecule has 6 heteroatoms. The first kappa shape index (κ1) is 15.8. The Bertz CT molecular complexity index is 412. The average Bonchev–Trinajstić information content (AvgIpc) is 3.31. The van der Waals surface area contributed by atoms with Gasteiger partial charge in [-0.1, -0.05) is 0 Å². The van der Waals surface area contributed by atoms with Crippen LogP contribution in [0.25, 0.3) is 0 Å². The molecule has 0 bridgehead atoms. The number of likely N-dealkylation sites (tertiary alicyclic amines) is 1. The molecular weight excluding hydrogens is 272 g/mol. The van der Waals surface area contributed by atoms with Crippen LogP contribution >= 0.6 is 0 Å². The van der Waals surface area contributed by atoms with Gasteiger partial charge in [-0.15, -0.1) is 0 Å². The maximum absolute atomic E-state index is 12.4. The van der Waals surface area contributed by atoms with Crippen molar-refractivity contribution in [3.63, 3.8) is 0 Å². The SMILES string of the molecule is CCN(CCC(=O)O)C(=O)C1CCN(C(=O)C2CC2)CC1. The predicted molar refractivity (Wildman–Crippen MR) is 76.5 cm³/mol. The fourth-order valence-corrected chi connectivity index (χ4v) is 2.85. The Morgan fingerprint density at radius 1 is 1.10 bits per heavy atom. The zero-order chi connectivity index (χ0) is 15.4. The number of carbonyl (C=O) groups excluding carboxylic acids is 2. The summed E-state index contributed by atoms with van der Waals surface area (Å²) in [7, 11) is 0. The topological polar surface area (TPSA) is 77.9 Å².